The minimum atomic E-state index is -0.727. The summed E-state index contributed by atoms with van der Waals surface area (Å²) in [6.07, 6.45) is 10.0. The Morgan fingerprint density at radius 2 is 0.775 bits per heavy atom. The molecule has 0 radical (unpaired) electrons. The van der Waals surface area contributed by atoms with Crippen LogP contribution in [0.2, 0.25) is 0 Å². The Labute approximate surface area is 475 Å². The van der Waals surface area contributed by atoms with Crippen LogP contribution in [0, 0.1) is 21.7 Å². The molecule has 14 nitrogen and oxygen atoms in total. The first-order valence-electron chi connectivity index (χ1n) is 27.5. The Balaban J connectivity index is 0.000000421. The summed E-state index contributed by atoms with van der Waals surface area (Å²) >= 11 is 0. The molecule has 0 N–H and O–H groups in total. The van der Waals surface area contributed by atoms with Gasteiger partial charge in [-0.25, -0.2) is 0 Å². The standard InChI is InChI=1S/C34H46O7.C32H42O7/c1-12-20-39-27-23(16-19-26(35)22-14-17-24(18-15-22)40-30(36)32(3,4)5)21-25(34(9,10)13-2)28(29(27)38-11)41-31(37)33(6,7)8;1-10-12-22-20-23(26(37-19-11-2)28(36-9)27(22)39-30(35)32(6,7)8)15-18-25(33)21-13-16-24(17-14-21)38-29(34)31(3,4)5/h14-19,21H,12-13,20H2,1-11H3;13-18,20H,10-12,19H2,1-9H3. The highest BCUT2D eigenvalue weighted by molar-refractivity contribution is 6.08. The number of ether oxygens (including phenoxy) is 8. The summed E-state index contributed by atoms with van der Waals surface area (Å²) in [5, 5.41) is 0. The van der Waals surface area contributed by atoms with Crippen LogP contribution >= 0.6 is 0 Å². The Kier molecular flexibility index (Phi) is 24.1. The fourth-order valence-corrected chi connectivity index (χ4v) is 6.94. The predicted octanol–water partition coefficient (Wildman–Crippen LogP) is 15.2. The number of esters is 4. The van der Waals surface area contributed by atoms with Gasteiger partial charge in [0.2, 0.25) is 11.5 Å². The van der Waals surface area contributed by atoms with Crippen molar-refractivity contribution < 1.29 is 66.7 Å². The molecule has 80 heavy (non-hydrogen) atoms. The lowest BCUT2D eigenvalue weighted by atomic mass is 9.80. The second-order valence-corrected chi connectivity index (χ2v) is 24.2. The molecule has 0 amide bonds. The van der Waals surface area contributed by atoms with Crippen molar-refractivity contribution in [1.29, 1.82) is 0 Å². The first-order valence-corrected chi connectivity index (χ1v) is 27.5. The number of allylic oxidation sites excluding steroid dienone is 2. The summed E-state index contributed by atoms with van der Waals surface area (Å²) in [5.74, 6) is 0.914. The van der Waals surface area contributed by atoms with Crippen molar-refractivity contribution in [2.75, 3.05) is 27.4 Å². The highest BCUT2D eigenvalue weighted by atomic mass is 16.6. The van der Waals surface area contributed by atoms with E-state index >= 15 is 0 Å². The van der Waals surface area contributed by atoms with Crippen LogP contribution in [0.25, 0.3) is 12.2 Å². The monoisotopic (exact) mass is 1100 g/mol. The molecule has 0 aliphatic carbocycles. The van der Waals surface area contributed by atoms with Crippen molar-refractivity contribution in [1.82, 2.24) is 0 Å². The van der Waals surface area contributed by atoms with E-state index < -0.39 is 21.7 Å². The van der Waals surface area contributed by atoms with E-state index in [-0.39, 0.29) is 40.9 Å². The second-order valence-electron chi connectivity index (χ2n) is 24.2. The van der Waals surface area contributed by atoms with Crippen LogP contribution in [0.5, 0.6) is 46.0 Å². The normalized spacial score (nSPS) is 12.1. The molecule has 0 aliphatic rings. The number of hydrogen-bond acceptors (Lipinski definition) is 14. The molecular weight excluding hydrogens is 1020 g/mol. The number of aryl methyl sites for hydroxylation is 1. The maximum absolute atomic E-state index is 13.1. The van der Waals surface area contributed by atoms with Gasteiger partial charge in [0.1, 0.15) is 11.5 Å². The zero-order chi connectivity index (χ0) is 60.6. The first-order chi connectivity index (χ1) is 37.2. The van der Waals surface area contributed by atoms with E-state index in [1.165, 1.54) is 26.4 Å². The van der Waals surface area contributed by atoms with Gasteiger partial charge in [0.15, 0.2) is 34.6 Å². The third kappa shape index (κ3) is 19.0. The van der Waals surface area contributed by atoms with E-state index in [0.717, 1.165) is 36.8 Å². The van der Waals surface area contributed by atoms with Crippen molar-refractivity contribution in [2.24, 2.45) is 21.7 Å². The number of benzene rings is 4. The lowest BCUT2D eigenvalue weighted by Crippen LogP contribution is -2.28. The van der Waals surface area contributed by atoms with Crippen LogP contribution < -0.4 is 37.9 Å². The van der Waals surface area contributed by atoms with Gasteiger partial charge in [0.05, 0.1) is 49.1 Å². The molecule has 0 bridgehead atoms. The number of ketones is 2. The summed E-state index contributed by atoms with van der Waals surface area (Å²) in [6.45, 7) is 34.4. The van der Waals surface area contributed by atoms with Gasteiger partial charge in [-0.15, -0.1) is 0 Å². The van der Waals surface area contributed by atoms with E-state index in [1.54, 1.807) is 144 Å². The molecule has 0 fully saturated rings. The molecule has 0 aromatic heterocycles. The molecule has 0 saturated carbocycles. The Hall–Kier alpha value is -7.22. The summed E-state index contributed by atoms with van der Waals surface area (Å²) in [4.78, 5) is 76.2. The fraction of sp³-hybridized carbons (Fsp3) is 0.485. The quantitative estimate of drug-likeness (QED) is 0.0314. The van der Waals surface area contributed by atoms with Gasteiger partial charge in [0, 0.05) is 27.8 Å². The topological polar surface area (TPSA) is 176 Å². The minimum Gasteiger partial charge on any atom is -0.490 e. The molecule has 14 heteroatoms. The molecule has 4 aromatic rings. The Bertz CT molecular complexity index is 2850. The SMILES string of the molecule is CCCOc1c(C=CC(=O)c2ccc(OC(=O)C(C)(C)C)cc2)cc(C(C)(C)CC)c(OC(=O)C(C)(C)C)c1OC.CCCOc1c(C=CC(=O)c2ccc(OC(=O)C(C)(C)C)cc2)cc(CCC)c(OC(=O)C(C)(C)C)c1OC. The van der Waals surface area contributed by atoms with Crippen molar-refractivity contribution >= 4 is 47.6 Å². The zero-order valence-corrected chi connectivity index (χ0v) is 51.2. The van der Waals surface area contributed by atoms with Gasteiger partial charge in [-0.1, -0.05) is 48.0 Å². The third-order valence-electron chi connectivity index (χ3n) is 12.3. The summed E-state index contributed by atoms with van der Waals surface area (Å²) in [6, 6.07) is 16.6. The predicted molar refractivity (Wildman–Crippen MR) is 315 cm³/mol. The van der Waals surface area contributed by atoms with Gasteiger partial charge < -0.3 is 37.9 Å². The van der Waals surface area contributed by atoms with Crippen molar-refractivity contribution in [2.45, 2.75) is 162 Å². The Morgan fingerprint density at radius 1 is 0.425 bits per heavy atom. The third-order valence-corrected chi connectivity index (χ3v) is 12.3. The van der Waals surface area contributed by atoms with E-state index in [9.17, 15) is 28.8 Å². The summed E-state index contributed by atoms with van der Waals surface area (Å²) in [7, 11) is 3.02. The lowest BCUT2D eigenvalue weighted by molar-refractivity contribution is -0.143. The smallest absolute Gasteiger partial charge is 0.316 e. The molecule has 4 rings (SSSR count). The number of carbonyl (C=O) groups is 6. The van der Waals surface area contributed by atoms with Crippen LogP contribution in [0.1, 0.15) is 193 Å². The largest absolute Gasteiger partial charge is 0.490 e. The average molecular weight is 1110 g/mol. The first kappa shape index (κ1) is 67.1. The molecule has 0 aliphatic heterocycles. The van der Waals surface area contributed by atoms with E-state index in [4.69, 9.17) is 37.9 Å². The van der Waals surface area contributed by atoms with Gasteiger partial charge in [-0.3, -0.25) is 28.8 Å². The van der Waals surface area contributed by atoms with Crippen molar-refractivity contribution in [3.63, 3.8) is 0 Å². The van der Waals surface area contributed by atoms with Gasteiger partial charge in [0.25, 0.3) is 0 Å². The molecule has 0 unspecified atom stereocenters. The van der Waals surface area contributed by atoms with E-state index in [1.807, 2.05) is 32.9 Å². The van der Waals surface area contributed by atoms with Gasteiger partial charge in [-0.05, 0) is 205 Å². The Morgan fingerprint density at radius 3 is 1.11 bits per heavy atom. The van der Waals surface area contributed by atoms with Crippen LogP contribution in [-0.4, -0.2) is 62.9 Å². The molecule has 4 aromatic carbocycles. The molecule has 0 heterocycles. The summed E-state index contributed by atoms with van der Waals surface area (Å²) < 4.78 is 46.3. The van der Waals surface area contributed by atoms with Crippen LogP contribution in [0.4, 0.5) is 0 Å². The molecule has 0 atom stereocenters. The second kappa shape index (κ2) is 28.8. The van der Waals surface area contributed by atoms with Crippen LogP contribution in [0.15, 0.2) is 72.8 Å². The van der Waals surface area contributed by atoms with Crippen molar-refractivity contribution in [3.8, 4) is 46.0 Å². The molecular formula is C66H88O14. The fourth-order valence-electron chi connectivity index (χ4n) is 6.94. The van der Waals surface area contributed by atoms with E-state index in [2.05, 4.69) is 20.8 Å². The minimum absolute atomic E-state index is 0.232. The molecule has 0 saturated heterocycles. The number of carbonyl (C=O) groups excluding carboxylic acids is 6. The highest BCUT2D eigenvalue weighted by Crippen LogP contribution is 2.49. The van der Waals surface area contributed by atoms with Crippen molar-refractivity contribution in [3.05, 3.63) is 106 Å². The van der Waals surface area contributed by atoms with Gasteiger partial charge >= 0.3 is 23.9 Å². The number of rotatable bonds is 22. The number of methoxy groups -OCH3 is 2. The maximum Gasteiger partial charge on any atom is 0.316 e. The highest BCUT2D eigenvalue weighted by Gasteiger charge is 2.34. The zero-order valence-electron chi connectivity index (χ0n) is 51.2. The van der Waals surface area contributed by atoms with Crippen LogP contribution in [0.3, 0.4) is 0 Å². The number of hydrogen-bond donors (Lipinski definition) is 0. The maximum atomic E-state index is 13.1. The lowest BCUT2D eigenvalue weighted by Gasteiger charge is -2.30. The van der Waals surface area contributed by atoms with Crippen LogP contribution in [-0.2, 0) is 31.0 Å². The molecule has 0 spiro atoms. The molecule has 436 valence electrons. The van der Waals surface area contributed by atoms with Gasteiger partial charge in [-0.2, -0.15) is 0 Å². The average Bonchev–Trinajstić information content (AvgIpc) is 3.38. The van der Waals surface area contributed by atoms with E-state index in [0.29, 0.717) is 87.9 Å². The summed E-state index contributed by atoms with van der Waals surface area (Å²) in [5.41, 5.74) is 0.627.